The van der Waals surface area contributed by atoms with Crippen molar-refractivity contribution in [2.45, 2.75) is 19.6 Å². The minimum Gasteiger partial charge on any atom is -0.445 e. The van der Waals surface area contributed by atoms with Gasteiger partial charge in [0.25, 0.3) is 0 Å². The molecule has 2 rings (SSSR count). The first-order chi connectivity index (χ1) is 10.6. The number of benzene rings is 1. The first-order valence-electron chi connectivity index (χ1n) is 7.09. The van der Waals surface area contributed by atoms with Gasteiger partial charge in [-0.1, -0.05) is 30.3 Å². The van der Waals surface area contributed by atoms with Gasteiger partial charge in [-0.25, -0.2) is 4.79 Å². The number of carbonyl (C=O) groups excluding carboxylic acids is 3. The summed E-state index contributed by atoms with van der Waals surface area (Å²) in [5, 5.41) is 5.12. The number of carbonyl (C=O) groups is 3. The highest BCUT2D eigenvalue weighted by molar-refractivity contribution is 5.90. The fraction of sp³-hybridized carbons (Fsp3) is 0.400. The lowest BCUT2D eigenvalue weighted by Gasteiger charge is -2.29. The van der Waals surface area contributed by atoms with Crippen molar-refractivity contribution < 1.29 is 19.1 Å². The highest BCUT2D eigenvalue weighted by Crippen LogP contribution is 2.02. The minimum absolute atomic E-state index is 0.0178. The standard InChI is InChI=1S/C15H19N3O4/c1-11(14(20)18-8-7-16-13(19)9-18)17-15(21)22-10-12-5-3-2-4-6-12/h2-6,11H,7-10H2,1H3,(H,16,19)(H,17,21). The van der Waals surface area contributed by atoms with Crippen LogP contribution in [0.4, 0.5) is 4.79 Å². The van der Waals surface area contributed by atoms with Crippen LogP contribution in [-0.2, 0) is 20.9 Å². The molecule has 0 bridgehead atoms. The van der Waals surface area contributed by atoms with Crippen LogP contribution in [-0.4, -0.2) is 48.5 Å². The van der Waals surface area contributed by atoms with E-state index < -0.39 is 12.1 Å². The monoisotopic (exact) mass is 305 g/mol. The zero-order valence-corrected chi connectivity index (χ0v) is 12.4. The summed E-state index contributed by atoms with van der Waals surface area (Å²) in [5.41, 5.74) is 0.865. The molecule has 3 amide bonds. The van der Waals surface area contributed by atoms with Gasteiger partial charge in [-0.2, -0.15) is 0 Å². The van der Waals surface area contributed by atoms with Crippen LogP contribution in [0.25, 0.3) is 0 Å². The molecule has 1 aromatic carbocycles. The lowest BCUT2D eigenvalue weighted by molar-refractivity contribution is -0.139. The van der Waals surface area contributed by atoms with E-state index in [0.717, 1.165) is 5.56 Å². The predicted molar refractivity (Wildman–Crippen MR) is 78.8 cm³/mol. The molecule has 0 spiro atoms. The van der Waals surface area contributed by atoms with Gasteiger partial charge in [0, 0.05) is 13.1 Å². The van der Waals surface area contributed by atoms with Crippen molar-refractivity contribution >= 4 is 17.9 Å². The van der Waals surface area contributed by atoms with Crippen LogP contribution < -0.4 is 10.6 Å². The number of rotatable bonds is 4. The van der Waals surface area contributed by atoms with Crippen molar-refractivity contribution in [2.24, 2.45) is 0 Å². The van der Waals surface area contributed by atoms with E-state index in [-0.39, 0.29) is 25.0 Å². The van der Waals surface area contributed by atoms with Crippen molar-refractivity contribution in [3.05, 3.63) is 35.9 Å². The maximum Gasteiger partial charge on any atom is 0.408 e. The molecule has 118 valence electrons. The van der Waals surface area contributed by atoms with Crippen LogP contribution >= 0.6 is 0 Å². The lowest BCUT2D eigenvalue weighted by Crippen LogP contribution is -2.55. The molecule has 7 heteroatoms. The summed E-state index contributed by atoms with van der Waals surface area (Å²) in [6.45, 7) is 2.59. The Bertz CT molecular complexity index is 547. The van der Waals surface area contributed by atoms with Crippen LogP contribution in [0.1, 0.15) is 12.5 Å². The lowest BCUT2D eigenvalue weighted by atomic mass is 10.2. The number of piperazine rings is 1. The van der Waals surface area contributed by atoms with E-state index in [4.69, 9.17) is 4.74 Å². The van der Waals surface area contributed by atoms with Gasteiger partial charge in [-0.05, 0) is 12.5 Å². The Hall–Kier alpha value is -2.57. The maximum atomic E-state index is 12.1. The third kappa shape index (κ3) is 4.47. The molecule has 1 aliphatic heterocycles. The fourth-order valence-corrected chi connectivity index (χ4v) is 2.10. The van der Waals surface area contributed by atoms with Gasteiger partial charge in [-0.3, -0.25) is 9.59 Å². The van der Waals surface area contributed by atoms with Gasteiger partial charge in [0.2, 0.25) is 11.8 Å². The molecule has 1 unspecified atom stereocenters. The van der Waals surface area contributed by atoms with Crippen LogP contribution in [0.2, 0.25) is 0 Å². The number of nitrogens with one attached hydrogen (secondary N) is 2. The van der Waals surface area contributed by atoms with Crippen LogP contribution in [0.5, 0.6) is 0 Å². The topological polar surface area (TPSA) is 87.7 Å². The van der Waals surface area contributed by atoms with Gasteiger partial charge in [0.1, 0.15) is 12.6 Å². The average Bonchev–Trinajstić information content (AvgIpc) is 2.53. The Balaban J connectivity index is 1.78. The molecule has 2 N–H and O–H groups in total. The second-order valence-corrected chi connectivity index (χ2v) is 5.04. The molecule has 1 aromatic rings. The molecule has 0 aromatic heterocycles. The summed E-state index contributed by atoms with van der Waals surface area (Å²) < 4.78 is 5.06. The van der Waals surface area contributed by atoms with E-state index in [1.165, 1.54) is 4.90 Å². The maximum absolute atomic E-state index is 12.1. The van der Waals surface area contributed by atoms with E-state index in [1.807, 2.05) is 30.3 Å². The number of amides is 3. The van der Waals surface area contributed by atoms with Crippen LogP contribution in [0.3, 0.4) is 0 Å². The average molecular weight is 305 g/mol. The van der Waals surface area contributed by atoms with Crippen molar-refractivity contribution in [1.82, 2.24) is 15.5 Å². The minimum atomic E-state index is -0.742. The zero-order chi connectivity index (χ0) is 15.9. The van der Waals surface area contributed by atoms with Gasteiger partial charge in [0.05, 0.1) is 6.54 Å². The first kappa shape index (κ1) is 15.8. The Morgan fingerprint density at radius 3 is 2.77 bits per heavy atom. The summed E-state index contributed by atoms with van der Waals surface area (Å²) in [7, 11) is 0. The highest BCUT2D eigenvalue weighted by atomic mass is 16.5. The molecule has 1 fully saturated rings. The van der Waals surface area contributed by atoms with E-state index in [9.17, 15) is 14.4 Å². The number of ether oxygens (including phenoxy) is 1. The quantitative estimate of drug-likeness (QED) is 0.835. The van der Waals surface area contributed by atoms with E-state index in [0.29, 0.717) is 13.1 Å². The Kier molecular flexibility index (Phi) is 5.35. The summed E-state index contributed by atoms with van der Waals surface area (Å²) in [6, 6.07) is 8.52. The molecule has 0 aliphatic carbocycles. The SMILES string of the molecule is CC(NC(=O)OCc1ccccc1)C(=O)N1CCNC(=O)C1. The van der Waals surface area contributed by atoms with Crippen molar-refractivity contribution in [2.75, 3.05) is 19.6 Å². The Morgan fingerprint density at radius 1 is 1.36 bits per heavy atom. The smallest absolute Gasteiger partial charge is 0.408 e. The van der Waals surface area contributed by atoms with E-state index in [2.05, 4.69) is 10.6 Å². The first-order valence-corrected chi connectivity index (χ1v) is 7.09. The molecule has 1 heterocycles. The van der Waals surface area contributed by atoms with Gasteiger partial charge in [0.15, 0.2) is 0 Å². The Labute approximate surface area is 128 Å². The predicted octanol–water partition coefficient (Wildman–Crippen LogP) is 0.260. The largest absolute Gasteiger partial charge is 0.445 e. The van der Waals surface area contributed by atoms with Gasteiger partial charge in [-0.15, -0.1) is 0 Å². The summed E-state index contributed by atoms with van der Waals surface area (Å²) in [4.78, 5) is 36.5. The van der Waals surface area contributed by atoms with Crippen molar-refractivity contribution in [1.29, 1.82) is 0 Å². The molecule has 0 saturated carbocycles. The Morgan fingerprint density at radius 2 is 2.09 bits per heavy atom. The number of hydrogen-bond donors (Lipinski definition) is 2. The molecule has 1 atom stereocenters. The van der Waals surface area contributed by atoms with Gasteiger partial charge < -0.3 is 20.3 Å². The molecule has 22 heavy (non-hydrogen) atoms. The number of nitrogens with zero attached hydrogens (tertiary/aromatic N) is 1. The second-order valence-electron chi connectivity index (χ2n) is 5.04. The number of alkyl carbamates (subject to hydrolysis) is 1. The number of hydrogen-bond acceptors (Lipinski definition) is 4. The molecule has 1 saturated heterocycles. The third-order valence-electron chi connectivity index (χ3n) is 3.27. The summed E-state index contributed by atoms with van der Waals surface area (Å²) in [6.07, 6.45) is -0.661. The van der Waals surface area contributed by atoms with Crippen LogP contribution in [0.15, 0.2) is 30.3 Å². The van der Waals surface area contributed by atoms with Crippen LogP contribution in [0, 0.1) is 0 Å². The fourth-order valence-electron chi connectivity index (χ4n) is 2.10. The van der Waals surface area contributed by atoms with Crippen molar-refractivity contribution in [3.8, 4) is 0 Å². The molecular weight excluding hydrogens is 286 g/mol. The molecular formula is C15H19N3O4. The molecule has 0 radical (unpaired) electrons. The molecule has 1 aliphatic rings. The summed E-state index contributed by atoms with van der Waals surface area (Å²) >= 11 is 0. The zero-order valence-electron chi connectivity index (χ0n) is 12.4. The normalized spacial score (nSPS) is 15.7. The van der Waals surface area contributed by atoms with E-state index >= 15 is 0 Å². The van der Waals surface area contributed by atoms with Crippen molar-refractivity contribution in [3.63, 3.8) is 0 Å². The van der Waals surface area contributed by atoms with Gasteiger partial charge >= 0.3 is 6.09 Å². The highest BCUT2D eigenvalue weighted by Gasteiger charge is 2.26. The third-order valence-corrected chi connectivity index (χ3v) is 3.27. The molecule has 7 nitrogen and oxygen atoms in total. The summed E-state index contributed by atoms with van der Waals surface area (Å²) in [5.74, 6) is -0.495. The second kappa shape index (κ2) is 7.44. The van der Waals surface area contributed by atoms with E-state index in [1.54, 1.807) is 6.92 Å².